The highest BCUT2D eigenvalue weighted by Crippen LogP contribution is 2.35. The van der Waals surface area contributed by atoms with E-state index >= 15 is 0 Å². The van der Waals surface area contributed by atoms with Crippen molar-refractivity contribution in [1.82, 2.24) is 9.62 Å². The molecule has 0 radical (unpaired) electrons. The molecule has 0 aromatic heterocycles. The van der Waals surface area contributed by atoms with Crippen LogP contribution >= 0.6 is 0 Å². The molecule has 4 rings (SSSR count). The first-order valence-electron chi connectivity index (χ1n) is 11.6. The van der Waals surface area contributed by atoms with Crippen molar-refractivity contribution in [1.29, 1.82) is 0 Å². The van der Waals surface area contributed by atoms with E-state index in [1.54, 1.807) is 22.5 Å². The van der Waals surface area contributed by atoms with Crippen LogP contribution in [-0.4, -0.2) is 49.7 Å². The van der Waals surface area contributed by atoms with Crippen LogP contribution < -0.4 is 10.2 Å². The number of rotatable bonds is 4. The molecule has 1 atom stereocenters. The highest BCUT2D eigenvalue weighted by atomic mass is 32.2. The van der Waals surface area contributed by atoms with Crippen molar-refractivity contribution < 1.29 is 18.0 Å². The number of carbonyl (C=O) groups excluding carboxylic acids is 2. The van der Waals surface area contributed by atoms with Gasteiger partial charge in [0.1, 0.15) is 6.04 Å². The van der Waals surface area contributed by atoms with Gasteiger partial charge in [0.2, 0.25) is 21.8 Å². The number of carbonyl (C=O) groups is 2. The van der Waals surface area contributed by atoms with Gasteiger partial charge in [-0.05, 0) is 49.4 Å². The maximum Gasteiger partial charge on any atom is 0.243 e. The molecule has 0 spiro atoms. The highest BCUT2D eigenvalue weighted by Gasteiger charge is 2.38. The van der Waals surface area contributed by atoms with E-state index in [1.807, 2.05) is 0 Å². The van der Waals surface area contributed by atoms with Crippen LogP contribution in [0.3, 0.4) is 0 Å². The molecule has 1 N–H and O–H groups in total. The van der Waals surface area contributed by atoms with E-state index in [2.05, 4.69) is 5.32 Å². The van der Waals surface area contributed by atoms with Crippen molar-refractivity contribution in [3.63, 3.8) is 0 Å². The van der Waals surface area contributed by atoms with Gasteiger partial charge in [-0.2, -0.15) is 4.31 Å². The van der Waals surface area contributed by atoms with Crippen LogP contribution in [0.5, 0.6) is 0 Å². The smallest absolute Gasteiger partial charge is 0.243 e. The summed E-state index contributed by atoms with van der Waals surface area (Å²) in [6.07, 6.45) is 9.75. The molecular formula is C23H33N3O4S. The van der Waals surface area contributed by atoms with E-state index in [4.69, 9.17) is 0 Å². The summed E-state index contributed by atoms with van der Waals surface area (Å²) in [4.78, 5) is 27.3. The largest absolute Gasteiger partial charge is 0.352 e. The highest BCUT2D eigenvalue weighted by molar-refractivity contribution is 7.89. The Bertz CT molecular complexity index is 932. The zero-order chi connectivity index (χ0) is 22.0. The van der Waals surface area contributed by atoms with E-state index in [0.717, 1.165) is 50.5 Å². The Hall–Kier alpha value is -1.93. The summed E-state index contributed by atoms with van der Waals surface area (Å²) in [5.74, 6) is -0.342. The second-order valence-electron chi connectivity index (χ2n) is 9.06. The number of amides is 2. The summed E-state index contributed by atoms with van der Waals surface area (Å²) >= 11 is 0. The van der Waals surface area contributed by atoms with Crippen molar-refractivity contribution in [3.8, 4) is 0 Å². The van der Waals surface area contributed by atoms with E-state index in [0.29, 0.717) is 25.2 Å². The first-order valence-corrected chi connectivity index (χ1v) is 13.0. The van der Waals surface area contributed by atoms with Crippen molar-refractivity contribution in [2.75, 3.05) is 18.0 Å². The lowest BCUT2D eigenvalue weighted by Gasteiger charge is -2.26. The number of anilines is 1. The number of fused-ring (bicyclic) bond motifs is 1. The molecule has 1 aromatic carbocycles. The van der Waals surface area contributed by atoms with Gasteiger partial charge >= 0.3 is 0 Å². The van der Waals surface area contributed by atoms with Crippen LogP contribution in [0.2, 0.25) is 0 Å². The second kappa shape index (κ2) is 9.28. The van der Waals surface area contributed by atoms with Gasteiger partial charge in [-0.25, -0.2) is 8.42 Å². The fraction of sp³-hybridized carbons (Fsp3) is 0.652. The van der Waals surface area contributed by atoms with Crippen molar-refractivity contribution in [2.45, 2.75) is 88.1 Å². The number of hydrogen-bond acceptors (Lipinski definition) is 4. The Morgan fingerprint density at radius 3 is 2.26 bits per heavy atom. The summed E-state index contributed by atoms with van der Waals surface area (Å²) in [6.45, 7) is 2.55. The lowest BCUT2D eigenvalue weighted by molar-refractivity contribution is -0.126. The standard InChI is InChI=1S/C23H33N3O4S/c1-17(27)26-21-12-11-20(31(29,30)25-13-7-4-8-14-25)15-18(21)16-22(26)23(28)24-19-9-5-2-3-6-10-19/h11-12,15,19,22H,2-10,13-14,16H2,1H3,(H,24,28)/t22-/m0/s1. The SMILES string of the molecule is CC(=O)N1c2ccc(S(=O)(=O)N3CCCCC3)cc2C[C@H]1C(=O)NC1CCCCCC1. The Morgan fingerprint density at radius 1 is 0.968 bits per heavy atom. The van der Waals surface area contributed by atoms with Crippen LogP contribution in [-0.2, 0) is 26.0 Å². The Balaban J connectivity index is 1.55. The summed E-state index contributed by atoms with van der Waals surface area (Å²) in [5, 5.41) is 3.16. The fourth-order valence-electron chi connectivity index (χ4n) is 5.16. The predicted octanol–water partition coefficient (Wildman–Crippen LogP) is 2.98. The second-order valence-corrected chi connectivity index (χ2v) is 11.0. The van der Waals surface area contributed by atoms with Crippen LogP contribution in [0.4, 0.5) is 5.69 Å². The van der Waals surface area contributed by atoms with Gasteiger partial charge in [0.25, 0.3) is 0 Å². The molecule has 0 bridgehead atoms. The first-order chi connectivity index (χ1) is 14.9. The summed E-state index contributed by atoms with van der Waals surface area (Å²) in [6, 6.07) is 4.46. The molecule has 1 aliphatic carbocycles. The number of nitrogens with one attached hydrogen (secondary N) is 1. The lowest BCUT2D eigenvalue weighted by atomic mass is 10.1. The average Bonchev–Trinajstić information content (AvgIpc) is 2.97. The number of nitrogens with zero attached hydrogens (tertiary/aromatic N) is 2. The summed E-state index contributed by atoms with van der Waals surface area (Å²) in [7, 11) is -3.56. The van der Waals surface area contributed by atoms with Crippen LogP contribution in [0.1, 0.15) is 70.3 Å². The Kier molecular flexibility index (Phi) is 6.67. The van der Waals surface area contributed by atoms with Crippen LogP contribution in [0.15, 0.2) is 23.1 Å². The molecule has 2 heterocycles. The van der Waals surface area contributed by atoms with Gasteiger partial charge in [-0.15, -0.1) is 0 Å². The molecule has 170 valence electrons. The minimum Gasteiger partial charge on any atom is -0.352 e. The van der Waals surface area contributed by atoms with Gasteiger partial charge in [0, 0.05) is 38.2 Å². The van der Waals surface area contributed by atoms with E-state index in [9.17, 15) is 18.0 Å². The van der Waals surface area contributed by atoms with Gasteiger partial charge in [0.15, 0.2) is 0 Å². The topological polar surface area (TPSA) is 86.8 Å². The molecule has 8 heteroatoms. The number of sulfonamides is 1. The molecule has 1 aromatic rings. The minimum atomic E-state index is -3.56. The lowest BCUT2D eigenvalue weighted by Crippen LogP contribution is -2.50. The van der Waals surface area contributed by atoms with Gasteiger partial charge < -0.3 is 5.32 Å². The fourth-order valence-corrected chi connectivity index (χ4v) is 6.73. The molecule has 31 heavy (non-hydrogen) atoms. The third-order valence-corrected chi connectivity index (χ3v) is 8.73. The maximum atomic E-state index is 13.1. The zero-order valence-electron chi connectivity index (χ0n) is 18.3. The van der Waals surface area contributed by atoms with Crippen LogP contribution in [0, 0.1) is 0 Å². The number of piperidine rings is 1. The van der Waals surface area contributed by atoms with Gasteiger partial charge in [-0.3, -0.25) is 14.5 Å². The van der Waals surface area contributed by atoms with Crippen molar-refractivity contribution in [3.05, 3.63) is 23.8 Å². The zero-order valence-corrected chi connectivity index (χ0v) is 19.1. The van der Waals surface area contributed by atoms with E-state index < -0.39 is 16.1 Å². The van der Waals surface area contributed by atoms with Crippen LogP contribution in [0.25, 0.3) is 0 Å². The van der Waals surface area contributed by atoms with Gasteiger partial charge in [-0.1, -0.05) is 32.1 Å². The molecule has 0 unspecified atom stereocenters. The maximum absolute atomic E-state index is 13.1. The number of benzene rings is 1. The average molecular weight is 448 g/mol. The van der Waals surface area contributed by atoms with Gasteiger partial charge in [0.05, 0.1) is 4.90 Å². The predicted molar refractivity (Wildman–Crippen MR) is 119 cm³/mol. The first kappa shape index (κ1) is 22.3. The van der Waals surface area contributed by atoms with E-state index in [1.165, 1.54) is 24.7 Å². The molecule has 1 saturated heterocycles. The monoisotopic (exact) mass is 447 g/mol. The quantitative estimate of drug-likeness (QED) is 0.719. The summed E-state index contributed by atoms with van der Waals surface area (Å²) in [5.41, 5.74) is 1.39. The molecule has 2 fully saturated rings. The molecule has 7 nitrogen and oxygen atoms in total. The molecule has 3 aliphatic rings. The molecule has 2 aliphatic heterocycles. The number of hydrogen-bond donors (Lipinski definition) is 1. The molecular weight excluding hydrogens is 414 g/mol. The Morgan fingerprint density at radius 2 is 1.61 bits per heavy atom. The Labute approximate surface area is 185 Å². The molecule has 1 saturated carbocycles. The third kappa shape index (κ3) is 4.65. The van der Waals surface area contributed by atoms with Crippen molar-refractivity contribution >= 4 is 27.5 Å². The summed E-state index contributed by atoms with van der Waals surface area (Å²) < 4.78 is 27.7. The minimum absolute atomic E-state index is 0.140. The third-order valence-electron chi connectivity index (χ3n) is 6.83. The van der Waals surface area contributed by atoms with Crippen molar-refractivity contribution in [2.24, 2.45) is 0 Å². The normalized spacial score (nSPS) is 23.3. The van der Waals surface area contributed by atoms with E-state index in [-0.39, 0.29) is 22.8 Å². The molecule has 2 amide bonds.